The van der Waals surface area contributed by atoms with E-state index >= 15 is 0 Å². The molecule has 3 rings (SSSR count). The van der Waals surface area contributed by atoms with Crippen LogP contribution < -0.4 is 4.90 Å². The van der Waals surface area contributed by atoms with Crippen LogP contribution in [0.4, 0.5) is 5.69 Å². The first-order valence-electron chi connectivity index (χ1n) is 5.88. The molecule has 2 aliphatic rings. The van der Waals surface area contributed by atoms with Crippen LogP contribution in [0.5, 0.6) is 0 Å². The zero-order valence-corrected chi connectivity index (χ0v) is 10.8. The Morgan fingerprint density at radius 2 is 2.24 bits per heavy atom. The number of benzene rings is 1. The molecular weight excluding hydrogens is 257 g/mol. The van der Waals surface area contributed by atoms with Crippen LogP contribution in [0.1, 0.15) is 30.7 Å². The second-order valence-electron chi connectivity index (χ2n) is 4.75. The first-order chi connectivity index (χ1) is 8.20. The maximum atomic E-state index is 11.9. The first kappa shape index (κ1) is 11.4. The summed E-state index contributed by atoms with van der Waals surface area (Å²) in [4.78, 5) is 13.8. The highest BCUT2D eigenvalue weighted by Gasteiger charge is 2.39. The van der Waals surface area contributed by atoms with Gasteiger partial charge in [-0.25, -0.2) is 0 Å². The molecule has 0 aliphatic carbocycles. The van der Waals surface area contributed by atoms with Crippen molar-refractivity contribution in [3.8, 4) is 0 Å². The van der Waals surface area contributed by atoms with Crippen LogP contribution in [-0.2, 0) is 4.79 Å². The molecule has 0 radical (unpaired) electrons. The summed E-state index contributed by atoms with van der Waals surface area (Å²) >= 11 is 12.1. The maximum absolute atomic E-state index is 11.9. The predicted octanol–water partition coefficient (Wildman–Crippen LogP) is 3.56. The molecule has 0 N–H and O–H groups in total. The Balaban J connectivity index is 2.13. The zero-order valence-electron chi connectivity index (χ0n) is 9.33. The minimum absolute atomic E-state index is 0.214. The molecule has 0 spiro atoms. The van der Waals surface area contributed by atoms with Crippen molar-refractivity contribution in [2.24, 2.45) is 0 Å². The van der Waals surface area contributed by atoms with E-state index in [1.807, 2.05) is 23.1 Å². The standard InChI is InChI=1S/C13H13Cl2NO/c14-7-8-5-10-2-4-13(17)16(10)12-6-9(15)1-3-11(8)12/h1,3,6,8,10H,2,4-5,7H2/t8-,10-/m1/s1. The molecular formula is C13H13Cl2NO. The van der Waals surface area contributed by atoms with E-state index < -0.39 is 0 Å². The van der Waals surface area contributed by atoms with Gasteiger partial charge in [-0.3, -0.25) is 4.79 Å². The van der Waals surface area contributed by atoms with Gasteiger partial charge in [-0.15, -0.1) is 11.6 Å². The smallest absolute Gasteiger partial charge is 0.227 e. The van der Waals surface area contributed by atoms with Crippen molar-refractivity contribution in [1.82, 2.24) is 0 Å². The first-order valence-corrected chi connectivity index (χ1v) is 6.79. The average Bonchev–Trinajstić information content (AvgIpc) is 2.70. The molecule has 17 heavy (non-hydrogen) atoms. The Labute approximate surface area is 111 Å². The molecule has 2 atom stereocenters. The lowest BCUT2D eigenvalue weighted by Crippen LogP contribution is -2.38. The minimum atomic E-state index is 0.214. The number of carbonyl (C=O) groups is 1. The molecule has 2 aliphatic heterocycles. The summed E-state index contributed by atoms with van der Waals surface area (Å²) in [5, 5.41) is 0.678. The van der Waals surface area contributed by atoms with Crippen LogP contribution in [0.25, 0.3) is 0 Å². The van der Waals surface area contributed by atoms with Crippen molar-refractivity contribution in [3.05, 3.63) is 28.8 Å². The van der Waals surface area contributed by atoms with E-state index in [1.54, 1.807) is 0 Å². The van der Waals surface area contributed by atoms with Crippen molar-refractivity contribution in [3.63, 3.8) is 0 Å². The number of carbonyl (C=O) groups excluding carboxylic acids is 1. The predicted molar refractivity (Wildman–Crippen MR) is 70.0 cm³/mol. The third kappa shape index (κ3) is 1.74. The minimum Gasteiger partial charge on any atom is -0.309 e. The highest BCUT2D eigenvalue weighted by Crippen LogP contribution is 2.44. The largest absolute Gasteiger partial charge is 0.309 e. The molecule has 0 saturated carbocycles. The van der Waals surface area contributed by atoms with Crippen LogP contribution in [-0.4, -0.2) is 17.8 Å². The Kier molecular flexibility index (Phi) is 2.80. The lowest BCUT2D eigenvalue weighted by Gasteiger charge is -2.36. The van der Waals surface area contributed by atoms with E-state index in [0.29, 0.717) is 29.3 Å². The van der Waals surface area contributed by atoms with Gasteiger partial charge in [0.05, 0.1) is 0 Å². The van der Waals surface area contributed by atoms with Gasteiger partial charge in [-0.05, 0) is 30.5 Å². The number of fused-ring (bicyclic) bond motifs is 3. The molecule has 2 heterocycles. The summed E-state index contributed by atoms with van der Waals surface area (Å²) in [5.74, 6) is 1.16. The third-order valence-electron chi connectivity index (χ3n) is 3.76. The highest BCUT2D eigenvalue weighted by atomic mass is 35.5. The second kappa shape index (κ2) is 4.18. The second-order valence-corrected chi connectivity index (χ2v) is 5.49. The SMILES string of the molecule is O=C1CC[C@@H]2C[C@H](CCl)c3ccc(Cl)cc3N12. The molecule has 0 bridgehead atoms. The van der Waals surface area contributed by atoms with E-state index in [2.05, 4.69) is 0 Å². The lowest BCUT2D eigenvalue weighted by molar-refractivity contribution is -0.117. The summed E-state index contributed by atoms with van der Waals surface area (Å²) in [6.45, 7) is 0. The van der Waals surface area contributed by atoms with Crippen molar-refractivity contribution < 1.29 is 4.79 Å². The number of hydrogen-bond donors (Lipinski definition) is 0. The Bertz CT molecular complexity index is 474. The quantitative estimate of drug-likeness (QED) is 0.714. The van der Waals surface area contributed by atoms with E-state index in [9.17, 15) is 4.79 Å². The van der Waals surface area contributed by atoms with Crippen molar-refractivity contribution in [2.45, 2.75) is 31.2 Å². The van der Waals surface area contributed by atoms with Gasteiger partial charge in [0.2, 0.25) is 5.91 Å². The number of anilines is 1. The zero-order chi connectivity index (χ0) is 12.0. The van der Waals surface area contributed by atoms with Crippen molar-refractivity contribution in [1.29, 1.82) is 0 Å². The van der Waals surface area contributed by atoms with Crippen molar-refractivity contribution >= 4 is 34.8 Å². The summed E-state index contributed by atoms with van der Waals surface area (Å²) in [6, 6.07) is 6.09. The monoisotopic (exact) mass is 269 g/mol. The number of halogens is 2. The normalized spacial score (nSPS) is 26.9. The molecule has 1 amide bonds. The highest BCUT2D eigenvalue weighted by molar-refractivity contribution is 6.31. The van der Waals surface area contributed by atoms with Crippen LogP contribution in [0, 0.1) is 0 Å². The van der Waals surface area contributed by atoms with Gasteiger partial charge < -0.3 is 4.90 Å². The van der Waals surface area contributed by atoms with E-state index in [4.69, 9.17) is 23.2 Å². The van der Waals surface area contributed by atoms with Gasteiger partial charge in [0.25, 0.3) is 0 Å². The fraction of sp³-hybridized carbons (Fsp3) is 0.462. The molecule has 0 aromatic heterocycles. The maximum Gasteiger partial charge on any atom is 0.227 e. The molecule has 1 fully saturated rings. The molecule has 1 saturated heterocycles. The third-order valence-corrected chi connectivity index (χ3v) is 4.37. The number of alkyl halides is 1. The Morgan fingerprint density at radius 1 is 1.41 bits per heavy atom. The number of hydrogen-bond acceptors (Lipinski definition) is 1. The lowest BCUT2D eigenvalue weighted by atomic mass is 9.87. The Hall–Kier alpha value is -0.730. The van der Waals surface area contributed by atoms with Crippen molar-refractivity contribution in [2.75, 3.05) is 10.8 Å². The van der Waals surface area contributed by atoms with E-state index in [1.165, 1.54) is 0 Å². The molecule has 1 aromatic rings. The fourth-order valence-electron chi connectivity index (χ4n) is 2.97. The van der Waals surface area contributed by atoms with E-state index in [-0.39, 0.29) is 5.91 Å². The molecule has 2 nitrogen and oxygen atoms in total. The number of nitrogens with zero attached hydrogens (tertiary/aromatic N) is 1. The molecule has 90 valence electrons. The van der Waals surface area contributed by atoms with Gasteiger partial charge in [-0.1, -0.05) is 17.7 Å². The summed E-state index contributed by atoms with van der Waals surface area (Å²) in [7, 11) is 0. The van der Waals surface area contributed by atoms with Crippen LogP contribution in [0.3, 0.4) is 0 Å². The van der Waals surface area contributed by atoms with Gasteiger partial charge >= 0.3 is 0 Å². The number of rotatable bonds is 1. The molecule has 0 unspecified atom stereocenters. The average molecular weight is 270 g/mol. The topological polar surface area (TPSA) is 20.3 Å². The van der Waals surface area contributed by atoms with Gasteiger partial charge in [0, 0.05) is 35.0 Å². The number of amides is 1. The summed E-state index contributed by atoms with van der Waals surface area (Å²) in [5.41, 5.74) is 2.14. The summed E-state index contributed by atoms with van der Waals surface area (Å²) in [6.07, 6.45) is 2.56. The van der Waals surface area contributed by atoms with Crippen LogP contribution in [0.2, 0.25) is 5.02 Å². The van der Waals surface area contributed by atoms with Gasteiger partial charge in [0.1, 0.15) is 0 Å². The molecule has 4 heteroatoms. The molecule has 1 aromatic carbocycles. The van der Waals surface area contributed by atoms with Crippen LogP contribution in [0.15, 0.2) is 18.2 Å². The van der Waals surface area contributed by atoms with Gasteiger partial charge in [0.15, 0.2) is 0 Å². The Morgan fingerprint density at radius 3 is 3.00 bits per heavy atom. The van der Waals surface area contributed by atoms with E-state index in [0.717, 1.165) is 24.1 Å². The fourth-order valence-corrected chi connectivity index (χ4v) is 3.43. The summed E-state index contributed by atoms with van der Waals surface area (Å²) < 4.78 is 0. The van der Waals surface area contributed by atoms with Crippen LogP contribution >= 0.6 is 23.2 Å². The van der Waals surface area contributed by atoms with Gasteiger partial charge in [-0.2, -0.15) is 0 Å².